The van der Waals surface area contributed by atoms with Crippen molar-refractivity contribution in [2.24, 2.45) is 0 Å². The van der Waals surface area contributed by atoms with Crippen molar-refractivity contribution in [3.63, 3.8) is 0 Å². The van der Waals surface area contributed by atoms with Crippen LogP contribution in [0.2, 0.25) is 0 Å². The first-order chi connectivity index (χ1) is 9.06. The number of amides is 1. The van der Waals surface area contributed by atoms with Crippen LogP contribution in [0.4, 0.5) is 0 Å². The Bertz CT molecular complexity index is 500. The third kappa shape index (κ3) is 3.37. The Kier molecular flexibility index (Phi) is 3.89. The predicted molar refractivity (Wildman–Crippen MR) is 66.1 cm³/mol. The monoisotopic (exact) mass is 265 g/mol. The molecular weight excluding hydrogens is 250 g/mol. The molecule has 0 saturated carbocycles. The van der Waals surface area contributed by atoms with E-state index in [1.807, 2.05) is 0 Å². The molecule has 1 aliphatic heterocycles. The van der Waals surface area contributed by atoms with Crippen LogP contribution in [0.25, 0.3) is 0 Å². The van der Waals surface area contributed by atoms with Gasteiger partial charge in [-0.05, 0) is 13.0 Å². The molecule has 2 N–H and O–H groups in total. The molecule has 1 aromatic rings. The standard InChI is InChI=1S/C13H15NO5/c1-8(5-12(16)17)14-11(15)6-9-3-2-4-10-13(9)19-7-18-10/h2-4,8H,5-7H2,1H3,(H,14,15)(H,16,17). The number of carbonyl (C=O) groups excluding carboxylic acids is 1. The summed E-state index contributed by atoms with van der Waals surface area (Å²) in [6.45, 7) is 1.81. The zero-order chi connectivity index (χ0) is 13.8. The summed E-state index contributed by atoms with van der Waals surface area (Å²) in [5.41, 5.74) is 0.732. The van der Waals surface area contributed by atoms with Crippen molar-refractivity contribution in [3.05, 3.63) is 23.8 Å². The molecular formula is C13H15NO5. The smallest absolute Gasteiger partial charge is 0.305 e. The van der Waals surface area contributed by atoms with Crippen LogP contribution in [0.3, 0.4) is 0 Å². The zero-order valence-electron chi connectivity index (χ0n) is 10.5. The molecule has 0 bridgehead atoms. The van der Waals surface area contributed by atoms with E-state index < -0.39 is 12.0 Å². The Balaban J connectivity index is 1.96. The van der Waals surface area contributed by atoms with Gasteiger partial charge in [0.05, 0.1) is 12.8 Å². The SMILES string of the molecule is CC(CC(=O)O)NC(=O)Cc1cccc2c1OCO2. The molecule has 19 heavy (non-hydrogen) atoms. The first kappa shape index (κ1) is 13.2. The first-order valence-electron chi connectivity index (χ1n) is 5.95. The fourth-order valence-electron chi connectivity index (χ4n) is 1.94. The van der Waals surface area contributed by atoms with E-state index in [1.165, 1.54) is 0 Å². The second-order valence-electron chi connectivity index (χ2n) is 4.39. The summed E-state index contributed by atoms with van der Waals surface area (Å²) in [6.07, 6.45) is 0.0364. The van der Waals surface area contributed by atoms with E-state index in [-0.39, 0.29) is 25.5 Å². The number of carbonyl (C=O) groups is 2. The molecule has 1 aliphatic rings. The molecule has 1 aromatic carbocycles. The number of hydrogen-bond acceptors (Lipinski definition) is 4. The zero-order valence-corrected chi connectivity index (χ0v) is 10.5. The van der Waals surface area contributed by atoms with Crippen molar-refractivity contribution in [3.8, 4) is 11.5 Å². The lowest BCUT2D eigenvalue weighted by Gasteiger charge is -2.12. The molecule has 1 unspecified atom stereocenters. The van der Waals surface area contributed by atoms with E-state index in [9.17, 15) is 9.59 Å². The van der Waals surface area contributed by atoms with Crippen LogP contribution in [0.1, 0.15) is 18.9 Å². The molecule has 0 aliphatic carbocycles. The van der Waals surface area contributed by atoms with Gasteiger partial charge < -0.3 is 19.9 Å². The third-order valence-electron chi connectivity index (χ3n) is 2.72. The van der Waals surface area contributed by atoms with Gasteiger partial charge in [-0.15, -0.1) is 0 Å². The highest BCUT2D eigenvalue weighted by Gasteiger charge is 2.19. The number of benzene rings is 1. The Morgan fingerprint density at radius 2 is 2.21 bits per heavy atom. The molecule has 0 fully saturated rings. The fraction of sp³-hybridized carbons (Fsp3) is 0.385. The minimum atomic E-state index is -0.940. The number of para-hydroxylation sites is 1. The van der Waals surface area contributed by atoms with Gasteiger partial charge in [-0.25, -0.2) is 0 Å². The normalized spacial score (nSPS) is 13.9. The molecule has 1 amide bonds. The van der Waals surface area contributed by atoms with E-state index in [2.05, 4.69) is 5.32 Å². The summed E-state index contributed by atoms with van der Waals surface area (Å²) in [7, 11) is 0. The van der Waals surface area contributed by atoms with Gasteiger partial charge in [0.25, 0.3) is 0 Å². The van der Waals surface area contributed by atoms with Crippen LogP contribution >= 0.6 is 0 Å². The minimum absolute atomic E-state index is 0.0990. The number of carboxylic acids is 1. The van der Waals surface area contributed by atoms with Gasteiger partial charge in [0.15, 0.2) is 11.5 Å². The van der Waals surface area contributed by atoms with E-state index in [0.29, 0.717) is 11.5 Å². The van der Waals surface area contributed by atoms with Crippen molar-refractivity contribution in [1.29, 1.82) is 0 Å². The topological polar surface area (TPSA) is 84.9 Å². The summed E-state index contributed by atoms with van der Waals surface area (Å²) in [4.78, 5) is 22.3. The maximum absolute atomic E-state index is 11.8. The Hall–Kier alpha value is -2.24. The van der Waals surface area contributed by atoms with Crippen LogP contribution in [-0.4, -0.2) is 29.8 Å². The number of nitrogens with one attached hydrogen (secondary N) is 1. The predicted octanol–water partition coefficient (Wildman–Crippen LogP) is 0.937. The fourth-order valence-corrected chi connectivity index (χ4v) is 1.94. The van der Waals surface area contributed by atoms with E-state index in [1.54, 1.807) is 25.1 Å². The van der Waals surface area contributed by atoms with E-state index in [0.717, 1.165) is 5.56 Å². The number of carboxylic acid groups (broad SMARTS) is 1. The number of aliphatic carboxylic acids is 1. The van der Waals surface area contributed by atoms with Crippen LogP contribution in [0.5, 0.6) is 11.5 Å². The van der Waals surface area contributed by atoms with Crippen LogP contribution in [-0.2, 0) is 16.0 Å². The molecule has 0 saturated heterocycles. The second kappa shape index (κ2) is 5.60. The summed E-state index contributed by atoms with van der Waals surface area (Å²) in [5.74, 6) is 0.0372. The molecule has 2 rings (SSSR count). The molecule has 0 aromatic heterocycles. The number of rotatable bonds is 5. The molecule has 0 spiro atoms. The van der Waals surface area contributed by atoms with Crippen LogP contribution in [0, 0.1) is 0 Å². The Morgan fingerprint density at radius 1 is 1.42 bits per heavy atom. The Morgan fingerprint density at radius 3 is 2.95 bits per heavy atom. The van der Waals surface area contributed by atoms with Gasteiger partial charge in [-0.2, -0.15) is 0 Å². The average Bonchev–Trinajstić information content (AvgIpc) is 2.76. The number of fused-ring (bicyclic) bond motifs is 1. The van der Waals surface area contributed by atoms with Gasteiger partial charge in [-0.3, -0.25) is 9.59 Å². The summed E-state index contributed by atoms with van der Waals surface area (Å²) < 4.78 is 10.5. The molecule has 6 heteroatoms. The van der Waals surface area contributed by atoms with E-state index >= 15 is 0 Å². The maximum Gasteiger partial charge on any atom is 0.305 e. The van der Waals surface area contributed by atoms with Crippen LogP contribution < -0.4 is 14.8 Å². The Labute approximate surface area is 110 Å². The van der Waals surface area contributed by atoms with Crippen molar-refractivity contribution in [2.75, 3.05) is 6.79 Å². The molecule has 6 nitrogen and oxygen atoms in total. The third-order valence-corrected chi connectivity index (χ3v) is 2.72. The second-order valence-corrected chi connectivity index (χ2v) is 4.39. The largest absolute Gasteiger partial charge is 0.481 e. The lowest BCUT2D eigenvalue weighted by Crippen LogP contribution is -2.35. The van der Waals surface area contributed by atoms with Crippen molar-refractivity contribution < 1.29 is 24.2 Å². The molecule has 1 atom stereocenters. The maximum atomic E-state index is 11.8. The highest BCUT2D eigenvalue weighted by atomic mass is 16.7. The van der Waals surface area contributed by atoms with Crippen LogP contribution in [0.15, 0.2) is 18.2 Å². The lowest BCUT2D eigenvalue weighted by molar-refractivity contribution is -0.137. The molecule has 1 heterocycles. The van der Waals surface area contributed by atoms with Gasteiger partial charge in [0, 0.05) is 11.6 Å². The summed E-state index contributed by atoms with van der Waals surface area (Å²) in [5, 5.41) is 11.3. The van der Waals surface area contributed by atoms with Gasteiger partial charge in [-0.1, -0.05) is 12.1 Å². The van der Waals surface area contributed by atoms with E-state index in [4.69, 9.17) is 14.6 Å². The summed E-state index contributed by atoms with van der Waals surface area (Å²) >= 11 is 0. The molecule has 0 radical (unpaired) electrons. The highest BCUT2D eigenvalue weighted by molar-refractivity contribution is 5.80. The highest BCUT2D eigenvalue weighted by Crippen LogP contribution is 2.35. The first-order valence-corrected chi connectivity index (χ1v) is 5.95. The number of hydrogen-bond donors (Lipinski definition) is 2. The van der Waals surface area contributed by atoms with Gasteiger partial charge in [0.1, 0.15) is 0 Å². The lowest BCUT2D eigenvalue weighted by atomic mass is 10.1. The molecule has 102 valence electrons. The van der Waals surface area contributed by atoms with Crippen molar-refractivity contribution in [2.45, 2.75) is 25.8 Å². The minimum Gasteiger partial charge on any atom is -0.481 e. The van der Waals surface area contributed by atoms with Crippen molar-refractivity contribution >= 4 is 11.9 Å². The number of ether oxygens (including phenoxy) is 2. The van der Waals surface area contributed by atoms with Gasteiger partial charge in [0.2, 0.25) is 12.7 Å². The summed E-state index contributed by atoms with van der Waals surface area (Å²) in [6, 6.07) is 4.95. The van der Waals surface area contributed by atoms with Gasteiger partial charge >= 0.3 is 5.97 Å². The quantitative estimate of drug-likeness (QED) is 0.827. The van der Waals surface area contributed by atoms with Crippen molar-refractivity contribution in [1.82, 2.24) is 5.32 Å². The average molecular weight is 265 g/mol.